The third-order valence-corrected chi connectivity index (χ3v) is 3.07. The summed E-state index contributed by atoms with van der Waals surface area (Å²) in [5, 5.41) is 14.8. The maximum absolute atomic E-state index is 13.6. The molecule has 0 saturated heterocycles. The second-order valence-corrected chi connectivity index (χ2v) is 4.40. The van der Waals surface area contributed by atoms with Gasteiger partial charge in [0.2, 0.25) is 5.82 Å². The minimum Gasteiger partial charge on any atom is -0.348 e. The van der Waals surface area contributed by atoms with E-state index in [1.165, 1.54) is 12.1 Å². The number of halogens is 1. The van der Waals surface area contributed by atoms with E-state index in [2.05, 4.69) is 10.3 Å². The number of nitro benzene ring substituents is 1. The zero-order valence-corrected chi connectivity index (χ0v) is 10.8. The number of pyridine rings is 1. The molecule has 0 aliphatic rings. The molecule has 0 atom stereocenters. The van der Waals surface area contributed by atoms with Crippen molar-refractivity contribution in [3.63, 3.8) is 0 Å². The number of fused-ring (bicyclic) bond motifs is 1. The largest absolute Gasteiger partial charge is 0.348 e. The number of anilines is 2. The van der Waals surface area contributed by atoms with Crippen LogP contribution >= 0.6 is 0 Å². The monoisotopic (exact) mass is 283 g/mol. The van der Waals surface area contributed by atoms with Gasteiger partial charge in [0.1, 0.15) is 5.69 Å². The van der Waals surface area contributed by atoms with Crippen LogP contribution < -0.4 is 5.32 Å². The van der Waals surface area contributed by atoms with E-state index in [1.807, 2.05) is 12.1 Å². The Balaban J connectivity index is 2.12. The predicted octanol–water partition coefficient (Wildman–Crippen LogP) is 4.03. The van der Waals surface area contributed by atoms with E-state index in [0.29, 0.717) is 11.2 Å². The van der Waals surface area contributed by atoms with Crippen molar-refractivity contribution in [3.05, 3.63) is 70.7 Å². The quantitative estimate of drug-likeness (QED) is 0.582. The molecule has 3 rings (SSSR count). The Kier molecular flexibility index (Phi) is 3.19. The van der Waals surface area contributed by atoms with Crippen molar-refractivity contribution in [3.8, 4) is 0 Å². The fourth-order valence-corrected chi connectivity index (χ4v) is 2.15. The average Bonchev–Trinajstić information content (AvgIpc) is 2.47. The molecule has 0 aliphatic carbocycles. The molecule has 104 valence electrons. The molecule has 0 bridgehead atoms. The normalized spacial score (nSPS) is 10.5. The third kappa shape index (κ3) is 2.38. The average molecular weight is 283 g/mol. The maximum atomic E-state index is 13.6. The molecule has 0 aliphatic heterocycles. The van der Waals surface area contributed by atoms with Gasteiger partial charge < -0.3 is 5.32 Å². The van der Waals surface area contributed by atoms with Gasteiger partial charge in [0.05, 0.1) is 16.1 Å². The Hall–Kier alpha value is -3.02. The van der Waals surface area contributed by atoms with Gasteiger partial charge in [-0.05, 0) is 24.3 Å². The van der Waals surface area contributed by atoms with Gasteiger partial charge in [-0.2, -0.15) is 4.39 Å². The Morgan fingerprint density at radius 2 is 1.76 bits per heavy atom. The molecule has 1 aromatic heterocycles. The first-order chi connectivity index (χ1) is 10.2. The number of nitrogens with zero attached hydrogens (tertiary/aromatic N) is 2. The smallest absolute Gasteiger partial charge is 0.327 e. The van der Waals surface area contributed by atoms with Crippen LogP contribution in [0.1, 0.15) is 0 Å². The summed E-state index contributed by atoms with van der Waals surface area (Å²) in [7, 11) is 0. The lowest BCUT2D eigenvalue weighted by molar-refractivity contribution is -0.386. The van der Waals surface area contributed by atoms with Crippen molar-refractivity contribution in [1.29, 1.82) is 0 Å². The summed E-state index contributed by atoms with van der Waals surface area (Å²) in [5.74, 6) is -0.877. The van der Waals surface area contributed by atoms with Crippen LogP contribution in [0.5, 0.6) is 0 Å². The summed E-state index contributed by atoms with van der Waals surface area (Å²) >= 11 is 0. The highest BCUT2D eigenvalue weighted by Gasteiger charge is 2.20. The zero-order chi connectivity index (χ0) is 14.8. The van der Waals surface area contributed by atoms with Crippen LogP contribution in [0, 0.1) is 15.9 Å². The first kappa shape index (κ1) is 13.0. The molecule has 0 amide bonds. The summed E-state index contributed by atoms with van der Waals surface area (Å²) in [5.41, 5.74) is 0.768. The number of nitro groups is 1. The van der Waals surface area contributed by atoms with E-state index in [0.717, 1.165) is 11.5 Å². The van der Waals surface area contributed by atoms with E-state index in [4.69, 9.17) is 0 Å². The lowest BCUT2D eigenvalue weighted by Gasteiger charge is -2.09. The highest BCUT2D eigenvalue weighted by atomic mass is 19.1. The van der Waals surface area contributed by atoms with Gasteiger partial charge in [-0.3, -0.25) is 15.1 Å². The lowest BCUT2D eigenvalue weighted by Crippen LogP contribution is -2.00. The summed E-state index contributed by atoms with van der Waals surface area (Å²) in [4.78, 5) is 14.5. The molecule has 1 heterocycles. The first-order valence-electron chi connectivity index (χ1n) is 6.20. The summed E-state index contributed by atoms with van der Waals surface area (Å²) in [6.07, 6.45) is 1.63. The summed E-state index contributed by atoms with van der Waals surface area (Å²) in [6, 6.07) is 13.1. The number of hydrogen-bond acceptors (Lipinski definition) is 4. The molecule has 6 heteroatoms. The van der Waals surface area contributed by atoms with Gasteiger partial charge in [0.25, 0.3) is 0 Å². The second kappa shape index (κ2) is 5.16. The van der Waals surface area contributed by atoms with Gasteiger partial charge in [0, 0.05) is 11.6 Å². The maximum Gasteiger partial charge on any atom is 0.327 e. The molecule has 0 unspecified atom stereocenters. The number of para-hydroxylation sites is 2. The summed E-state index contributed by atoms with van der Waals surface area (Å²) < 4.78 is 13.6. The van der Waals surface area contributed by atoms with Crippen molar-refractivity contribution >= 4 is 28.0 Å². The minimum atomic E-state index is -0.877. The van der Waals surface area contributed by atoms with Crippen molar-refractivity contribution in [2.45, 2.75) is 0 Å². The van der Waals surface area contributed by atoms with Crippen LogP contribution in [0.2, 0.25) is 0 Å². The van der Waals surface area contributed by atoms with Crippen LogP contribution in [-0.4, -0.2) is 9.91 Å². The van der Waals surface area contributed by atoms with Gasteiger partial charge in [-0.1, -0.05) is 24.3 Å². The molecule has 3 aromatic rings. The number of benzene rings is 2. The predicted molar refractivity (Wildman–Crippen MR) is 78.1 cm³/mol. The second-order valence-electron chi connectivity index (χ2n) is 4.40. The van der Waals surface area contributed by atoms with Crippen LogP contribution in [-0.2, 0) is 0 Å². The number of aromatic nitrogens is 1. The highest BCUT2D eigenvalue weighted by molar-refractivity contribution is 5.92. The molecule has 1 N–H and O–H groups in total. The van der Waals surface area contributed by atoms with Crippen molar-refractivity contribution in [2.24, 2.45) is 0 Å². The molecule has 0 saturated carbocycles. The molecule has 0 spiro atoms. The standard InChI is InChI=1S/C15H10FN3O2/c16-11-6-2-8-13(15(11)19(20)21)18-12-7-1-4-10-5-3-9-17-14(10)12/h1-9,18H. The topological polar surface area (TPSA) is 68.1 Å². The van der Waals surface area contributed by atoms with E-state index in [-0.39, 0.29) is 5.69 Å². The van der Waals surface area contributed by atoms with Crippen molar-refractivity contribution in [1.82, 2.24) is 4.98 Å². The molecule has 5 nitrogen and oxygen atoms in total. The number of hydrogen-bond donors (Lipinski definition) is 1. The van der Waals surface area contributed by atoms with E-state index in [1.54, 1.807) is 24.4 Å². The third-order valence-electron chi connectivity index (χ3n) is 3.07. The Morgan fingerprint density at radius 3 is 2.57 bits per heavy atom. The molecule has 0 fully saturated rings. The fraction of sp³-hybridized carbons (Fsp3) is 0. The molecule has 0 radical (unpaired) electrons. The van der Waals surface area contributed by atoms with Crippen LogP contribution in [0.15, 0.2) is 54.7 Å². The molecular weight excluding hydrogens is 273 g/mol. The first-order valence-corrected chi connectivity index (χ1v) is 6.20. The molecule has 2 aromatic carbocycles. The number of nitrogens with one attached hydrogen (secondary N) is 1. The lowest BCUT2D eigenvalue weighted by atomic mass is 10.1. The van der Waals surface area contributed by atoms with E-state index < -0.39 is 16.4 Å². The van der Waals surface area contributed by atoms with Crippen LogP contribution in [0.25, 0.3) is 10.9 Å². The van der Waals surface area contributed by atoms with Crippen molar-refractivity contribution in [2.75, 3.05) is 5.32 Å². The zero-order valence-electron chi connectivity index (χ0n) is 10.8. The fourth-order valence-electron chi connectivity index (χ4n) is 2.15. The van der Waals surface area contributed by atoms with Gasteiger partial charge in [0.15, 0.2) is 0 Å². The Labute approximate surface area is 119 Å². The molecule has 21 heavy (non-hydrogen) atoms. The van der Waals surface area contributed by atoms with Gasteiger partial charge in [-0.25, -0.2) is 0 Å². The SMILES string of the molecule is O=[N+]([O-])c1c(F)cccc1Nc1cccc2cccnc12. The Morgan fingerprint density at radius 1 is 1.05 bits per heavy atom. The highest BCUT2D eigenvalue weighted by Crippen LogP contribution is 2.32. The van der Waals surface area contributed by atoms with Crippen molar-refractivity contribution < 1.29 is 9.31 Å². The van der Waals surface area contributed by atoms with Gasteiger partial charge >= 0.3 is 5.69 Å². The molecular formula is C15H10FN3O2. The Bertz CT molecular complexity index is 831. The van der Waals surface area contributed by atoms with Crippen LogP contribution in [0.3, 0.4) is 0 Å². The number of rotatable bonds is 3. The minimum absolute atomic E-state index is 0.0955. The van der Waals surface area contributed by atoms with Gasteiger partial charge in [-0.15, -0.1) is 0 Å². The van der Waals surface area contributed by atoms with E-state index >= 15 is 0 Å². The van der Waals surface area contributed by atoms with Crippen LogP contribution in [0.4, 0.5) is 21.5 Å². The summed E-state index contributed by atoms with van der Waals surface area (Å²) in [6.45, 7) is 0. The van der Waals surface area contributed by atoms with E-state index in [9.17, 15) is 14.5 Å².